The summed E-state index contributed by atoms with van der Waals surface area (Å²) in [6.07, 6.45) is 6.89. The summed E-state index contributed by atoms with van der Waals surface area (Å²) in [5, 5.41) is 8.00. The van der Waals surface area contributed by atoms with Crippen LogP contribution in [0.3, 0.4) is 0 Å². The Bertz CT molecular complexity index is 1570. The molecule has 0 saturated carbocycles. The van der Waals surface area contributed by atoms with Gasteiger partial charge >= 0.3 is 0 Å². The second kappa shape index (κ2) is 10.6. The van der Waals surface area contributed by atoms with Crippen molar-refractivity contribution in [3.63, 3.8) is 0 Å². The van der Waals surface area contributed by atoms with Crippen LogP contribution in [0.25, 0.3) is 33.5 Å². The van der Waals surface area contributed by atoms with E-state index >= 15 is 0 Å². The van der Waals surface area contributed by atoms with Gasteiger partial charge in [-0.2, -0.15) is 18.6 Å². The minimum Gasteiger partial charge on any atom is -0.378 e. The first kappa shape index (κ1) is 26.1. The van der Waals surface area contributed by atoms with Crippen LogP contribution in [-0.2, 0) is 11.8 Å². The Morgan fingerprint density at radius 1 is 1.11 bits per heavy atom. The number of hydrogen-bond acceptors (Lipinski definition) is 9. The molecule has 1 aliphatic heterocycles. The van der Waals surface area contributed by atoms with Gasteiger partial charge in [-0.05, 0) is 13.0 Å². The molecule has 0 amide bonds. The predicted molar refractivity (Wildman–Crippen MR) is 148 cm³/mol. The highest BCUT2D eigenvalue weighted by Gasteiger charge is 2.23. The summed E-state index contributed by atoms with van der Waals surface area (Å²) in [7, 11) is 1.81. The third-order valence-corrected chi connectivity index (χ3v) is 6.05. The van der Waals surface area contributed by atoms with Gasteiger partial charge in [0.05, 0.1) is 47.7 Å². The summed E-state index contributed by atoms with van der Waals surface area (Å²) < 4.78 is 7.11. The Balaban J connectivity index is 0.00000160. The maximum absolute atomic E-state index is 13.3. The summed E-state index contributed by atoms with van der Waals surface area (Å²) in [5.74, 6) is 1.87. The van der Waals surface area contributed by atoms with Crippen molar-refractivity contribution in [2.24, 2.45) is 7.05 Å². The fourth-order valence-electron chi connectivity index (χ4n) is 4.35. The number of H-pyrrole nitrogens is 2. The summed E-state index contributed by atoms with van der Waals surface area (Å²) in [4.78, 5) is 39.7. The van der Waals surface area contributed by atoms with Gasteiger partial charge in [-0.15, -0.1) is 0 Å². The highest BCUT2D eigenvalue weighted by molar-refractivity contribution is 7.59. The van der Waals surface area contributed by atoms with Crippen LogP contribution in [0, 0.1) is 0 Å². The number of aromatic nitrogens is 8. The molecule has 6 heterocycles. The zero-order valence-electron chi connectivity index (χ0n) is 19.8. The molecule has 0 unspecified atom stereocenters. The van der Waals surface area contributed by atoms with Crippen molar-refractivity contribution >= 4 is 47.1 Å². The van der Waals surface area contributed by atoms with Gasteiger partial charge in [0.25, 0.3) is 5.56 Å². The number of aryl methyl sites for hydroxylation is 1. The molecule has 5 aromatic rings. The molecule has 0 aliphatic carbocycles. The molecule has 0 spiro atoms. The maximum atomic E-state index is 13.3. The molecular formula is C24H30N10O2S. The lowest BCUT2D eigenvalue weighted by atomic mass is 10.1. The summed E-state index contributed by atoms with van der Waals surface area (Å²) in [5.41, 5.74) is 3.35. The van der Waals surface area contributed by atoms with E-state index < -0.39 is 0 Å². The normalized spacial score (nSPS) is 14.3. The molecule has 5 aromatic heterocycles. The van der Waals surface area contributed by atoms with Crippen LogP contribution < -0.4 is 15.8 Å². The number of pyridine rings is 2. The van der Waals surface area contributed by atoms with E-state index in [1.807, 2.05) is 20.0 Å². The van der Waals surface area contributed by atoms with Crippen molar-refractivity contribution in [3.8, 4) is 11.4 Å². The minimum atomic E-state index is -0.283. The van der Waals surface area contributed by atoms with Gasteiger partial charge in [0.1, 0.15) is 28.5 Å². The van der Waals surface area contributed by atoms with Crippen molar-refractivity contribution in [2.75, 3.05) is 36.5 Å². The topological polar surface area (TPSA) is 143 Å². The van der Waals surface area contributed by atoms with Gasteiger partial charge in [-0.25, -0.2) is 19.9 Å². The zero-order valence-corrected chi connectivity index (χ0v) is 20.8. The number of hydrogen-bond donors (Lipinski definition) is 3. The highest BCUT2D eigenvalue weighted by atomic mass is 32.1. The first-order chi connectivity index (χ1) is 17.1. The average molecular weight is 523 g/mol. The fourth-order valence-corrected chi connectivity index (χ4v) is 4.35. The number of nitrogens with one attached hydrogen (secondary N) is 3. The van der Waals surface area contributed by atoms with Gasteiger partial charge in [-0.1, -0.05) is 7.43 Å². The molecule has 6 rings (SSSR count). The largest absolute Gasteiger partial charge is 0.378 e. The number of anilines is 2. The van der Waals surface area contributed by atoms with Crippen LogP contribution in [0.5, 0.6) is 0 Å². The van der Waals surface area contributed by atoms with Gasteiger partial charge in [0, 0.05) is 44.8 Å². The number of aromatic amines is 2. The Labute approximate surface area is 220 Å². The van der Waals surface area contributed by atoms with E-state index in [-0.39, 0.29) is 32.5 Å². The molecule has 13 heteroatoms. The molecule has 12 nitrogen and oxygen atoms in total. The fraction of sp³-hybridized carbons (Fsp3) is 0.333. The number of imidazole rings is 1. The second-order valence-electron chi connectivity index (χ2n) is 8.49. The van der Waals surface area contributed by atoms with E-state index in [1.54, 1.807) is 35.5 Å². The second-order valence-corrected chi connectivity index (χ2v) is 8.49. The molecule has 37 heavy (non-hydrogen) atoms. The van der Waals surface area contributed by atoms with E-state index in [2.05, 4.69) is 40.2 Å². The number of nitrogens with zero attached hydrogens (tertiary/aromatic N) is 7. The Morgan fingerprint density at radius 3 is 2.62 bits per heavy atom. The zero-order chi connectivity index (χ0) is 23.9. The summed E-state index contributed by atoms with van der Waals surface area (Å²) in [6, 6.07) is 3.42. The molecular weight excluding hydrogens is 492 g/mol. The van der Waals surface area contributed by atoms with Gasteiger partial charge in [0.2, 0.25) is 0 Å². The molecule has 3 N–H and O–H groups in total. The van der Waals surface area contributed by atoms with Gasteiger partial charge in [-0.3, -0.25) is 9.48 Å². The van der Waals surface area contributed by atoms with Crippen LogP contribution in [0.15, 0.2) is 41.7 Å². The van der Waals surface area contributed by atoms with Gasteiger partial charge < -0.3 is 24.9 Å². The monoisotopic (exact) mass is 522 g/mol. The van der Waals surface area contributed by atoms with Crippen LogP contribution in [0.1, 0.15) is 26.2 Å². The predicted octanol–water partition coefficient (Wildman–Crippen LogP) is 2.75. The molecule has 1 saturated heterocycles. The molecule has 0 aromatic carbocycles. The van der Waals surface area contributed by atoms with Crippen molar-refractivity contribution in [2.45, 2.75) is 20.4 Å². The van der Waals surface area contributed by atoms with Crippen LogP contribution in [0.2, 0.25) is 0 Å². The van der Waals surface area contributed by atoms with Crippen LogP contribution in [-0.4, -0.2) is 66.0 Å². The smallest absolute Gasteiger partial charge is 0.261 e. The molecule has 0 radical (unpaired) electrons. The average Bonchev–Trinajstić information content (AvgIpc) is 3.47. The number of ether oxygens (including phenoxy) is 1. The van der Waals surface area contributed by atoms with Crippen molar-refractivity contribution < 1.29 is 4.74 Å². The first-order valence-corrected chi connectivity index (χ1v) is 11.4. The number of rotatable bonds is 5. The van der Waals surface area contributed by atoms with E-state index in [1.165, 1.54) is 0 Å². The maximum Gasteiger partial charge on any atom is 0.261 e. The van der Waals surface area contributed by atoms with E-state index in [0.29, 0.717) is 47.1 Å². The van der Waals surface area contributed by atoms with Crippen molar-refractivity contribution in [3.05, 3.63) is 53.1 Å². The lowest BCUT2D eigenvalue weighted by Gasteiger charge is -2.27. The number of morpholine rings is 1. The van der Waals surface area contributed by atoms with Crippen molar-refractivity contribution in [1.29, 1.82) is 0 Å². The third kappa shape index (κ3) is 4.87. The van der Waals surface area contributed by atoms with Gasteiger partial charge in [0.15, 0.2) is 0 Å². The minimum absolute atomic E-state index is 0. The highest BCUT2D eigenvalue weighted by Crippen LogP contribution is 2.32. The van der Waals surface area contributed by atoms with Crippen LogP contribution in [0.4, 0.5) is 11.5 Å². The van der Waals surface area contributed by atoms with Crippen LogP contribution >= 0.6 is 13.5 Å². The molecule has 194 valence electrons. The quantitative estimate of drug-likeness (QED) is 0.317. The molecule has 0 bridgehead atoms. The first-order valence-electron chi connectivity index (χ1n) is 11.4. The Kier molecular flexibility index (Phi) is 7.45. The van der Waals surface area contributed by atoms with E-state index in [9.17, 15) is 4.79 Å². The Morgan fingerprint density at radius 2 is 1.86 bits per heavy atom. The van der Waals surface area contributed by atoms with Crippen molar-refractivity contribution in [1.82, 2.24) is 39.7 Å². The summed E-state index contributed by atoms with van der Waals surface area (Å²) >= 11 is 0. The lowest BCUT2D eigenvalue weighted by Crippen LogP contribution is -2.36. The standard InChI is InChI=1S/C23H24N10O2.CH4.H2S/c1-13(21-24-4-3-5-25-21)27-20-18(23(34)30-16-12-32(2)31-19(16)20)22-28-14-10-17(26-11-15(14)29-22)33-6-8-35-9-7-33;;/h3-5,10-13,27H,6-9H2,1-2H3,(H,28,29)(H,30,34);1H4;1H2/t13-;;/m0../s1. The third-order valence-electron chi connectivity index (χ3n) is 6.05. The Hall–Kier alpha value is -3.97. The lowest BCUT2D eigenvalue weighted by molar-refractivity contribution is 0.122. The van der Waals surface area contributed by atoms with E-state index in [0.717, 1.165) is 29.9 Å². The SMILES string of the molecule is C.C[C@H](Nc1c(-c2nc3cc(N4CCOCC4)ncc3[nH]2)c(=O)[nH]c2cn(C)nc12)c1ncccn1.S. The van der Waals surface area contributed by atoms with E-state index in [4.69, 9.17) is 9.72 Å². The molecule has 1 aliphatic rings. The summed E-state index contributed by atoms with van der Waals surface area (Å²) in [6.45, 7) is 4.83. The molecule has 1 atom stereocenters. The number of fused-ring (bicyclic) bond motifs is 2. The molecule has 1 fully saturated rings.